The van der Waals surface area contributed by atoms with E-state index in [1.165, 1.54) is 14.0 Å². The SMILES string of the molecule is COCCOCCCCNCC(C)(O)C(=O)OC. The molecule has 6 nitrogen and oxygen atoms in total. The van der Waals surface area contributed by atoms with E-state index in [-0.39, 0.29) is 6.54 Å². The predicted molar refractivity (Wildman–Crippen MR) is 67.4 cm³/mol. The van der Waals surface area contributed by atoms with Crippen LogP contribution in [-0.2, 0) is 19.0 Å². The summed E-state index contributed by atoms with van der Waals surface area (Å²) < 4.78 is 14.6. The highest BCUT2D eigenvalue weighted by molar-refractivity contribution is 5.78. The van der Waals surface area contributed by atoms with Crippen LogP contribution >= 0.6 is 0 Å². The second-order valence-electron chi connectivity index (χ2n) is 4.25. The van der Waals surface area contributed by atoms with Gasteiger partial charge in [0.25, 0.3) is 0 Å². The Bertz CT molecular complexity index is 221. The number of nitrogens with one attached hydrogen (secondary N) is 1. The molecule has 108 valence electrons. The van der Waals surface area contributed by atoms with Crippen molar-refractivity contribution in [2.24, 2.45) is 0 Å². The van der Waals surface area contributed by atoms with E-state index < -0.39 is 11.6 Å². The van der Waals surface area contributed by atoms with E-state index in [1.807, 2.05) is 0 Å². The highest BCUT2D eigenvalue weighted by Crippen LogP contribution is 2.03. The van der Waals surface area contributed by atoms with Crippen LogP contribution in [0.3, 0.4) is 0 Å². The summed E-state index contributed by atoms with van der Waals surface area (Å²) in [5, 5.41) is 12.7. The van der Waals surface area contributed by atoms with Crippen molar-refractivity contribution in [3.05, 3.63) is 0 Å². The van der Waals surface area contributed by atoms with Crippen molar-refractivity contribution in [3.63, 3.8) is 0 Å². The van der Waals surface area contributed by atoms with Crippen LogP contribution in [-0.4, -0.2) is 63.8 Å². The maximum absolute atomic E-state index is 11.2. The molecule has 0 radical (unpaired) electrons. The molecular formula is C12H25NO5. The molecule has 0 aliphatic rings. The molecule has 0 saturated carbocycles. The maximum Gasteiger partial charge on any atom is 0.338 e. The highest BCUT2D eigenvalue weighted by atomic mass is 16.5. The minimum Gasteiger partial charge on any atom is -0.467 e. The molecule has 1 atom stereocenters. The third-order valence-electron chi connectivity index (χ3n) is 2.42. The van der Waals surface area contributed by atoms with Crippen molar-refractivity contribution >= 4 is 5.97 Å². The molecule has 6 heteroatoms. The number of carbonyl (C=O) groups excluding carboxylic acids is 1. The van der Waals surface area contributed by atoms with Crippen LogP contribution in [0.4, 0.5) is 0 Å². The van der Waals surface area contributed by atoms with E-state index in [0.29, 0.717) is 19.8 Å². The van der Waals surface area contributed by atoms with E-state index in [0.717, 1.165) is 19.4 Å². The molecule has 0 aromatic heterocycles. The summed E-state index contributed by atoms with van der Waals surface area (Å²) in [5.74, 6) is -0.627. The second kappa shape index (κ2) is 10.3. The third kappa shape index (κ3) is 8.41. The van der Waals surface area contributed by atoms with E-state index in [9.17, 15) is 9.90 Å². The predicted octanol–water partition coefficient (Wildman–Crippen LogP) is -0.0568. The van der Waals surface area contributed by atoms with E-state index in [2.05, 4.69) is 10.1 Å². The van der Waals surface area contributed by atoms with Gasteiger partial charge in [-0.25, -0.2) is 4.79 Å². The van der Waals surface area contributed by atoms with Crippen molar-refractivity contribution in [1.82, 2.24) is 5.32 Å². The van der Waals surface area contributed by atoms with Crippen LogP contribution in [0.25, 0.3) is 0 Å². The zero-order valence-electron chi connectivity index (χ0n) is 11.5. The quantitative estimate of drug-likeness (QED) is 0.402. The summed E-state index contributed by atoms with van der Waals surface area (Å²) >= 11 is 0. The van der Waals surface area contributed by atoms with Gasteiger partial charge in [-0.2, -0.15) is 0 Å². The van der Waals surface area contributed by atoms with Gasteiger partial charge >= 0.3 is 5.97 Å². The Morgan fingerprint density at radius 1 is 1.22 bits per heavy atom. The summed E-state index contributed by atoms with van der Waals surface area (Å²) in [5.41, 5.74) is -1.47. The minimum atomic E-state index is -1.47. The average molecular weight is 263 g/mol. The zero-order chi connectivity index (χ0) is 13.9. The first-order chi connectivity index (χ1) is 8.54. The number of hydrogen-bond acceptors (Lipinski definition) is 6. The molecule has 0 rings (SSSR count). The molecule has 1 unspecified atom stereocenters. The fraction of sp³-hybridized carbons (Fsp3) is 0.917. The third-order valence-corrected chi connectivity index (χ3v) is 2.42. The van der Waals surface area contributed by atoms with Gasteiger partial charge in [0.2, 0.25) is 0 Å². The summed E-state index contributed by atoms with van der Waals surface area (Å²) in [6, 6.07) is 0. The number of aliphatic hydroxyl groups is 1. The minimum absolute atomic E-state index is 0.185. The molecule has 18 heavy (non-hydrogen) atoms. The number of esters is 1. The van der Waals surface area contributed by atoms with Crippen LogP contribution in [0, 0.1) is 0 Å². The van der Waals surface area contributed by atoms with Gasteiger partial charge in [-0.1, -0.05) is 0 Å². The standard InChI is InChI=1S/C12H25NO5/c1-12(15,11(14)17-3)10-13-6-4-5-7-18-9-8-16-2/h13,15H,4-10H2,1-3H3. The first-order valence-electron chi connectivity index (χ1n) is 6.13. The summed E-state index contributed by atoms with van der Waals surface area (Å²) in [6.07, 6.45) is 1.85. The monoisotopic (exact) mass is 263 g/mol. The number of carbonyl (C=O) groups is 1. The topological polar surface area (TPSA) is 77.0 Å². The van der Waals surface area contributed by atoms with Crippen LogP contribution < -0.4 is 5.32 Å². The number of rotatable bonds is 11. The van der Waals surface area contributed by atoms with Crippen LogP contribution in [0.15, 0.2) is 0 Å². The fourth-order valence-corrected chi connectivity index (χ4v) is 1.32. The molecule has 0 saturated heterocycles. The smallest absolute Gasteiger partial charge is 0.338 e. The first-order valence-corrected chi connectivity index (χ1v) is 6.13. The molecule has 0 bridgehead atoms. The number of unbranched alkanes of at least 4 members (excludes halogenated alkanes) is 1. The lowest BCUT2D eigenvalue weighted by atomic mass is 10.1. The maximum atomic E-state index is 11.2. The molecule has 0 aliphatic heterocycles. The molecule has 0 spiro atoms. The van der Waals surface area contributed by atoms with Crippen LogP contribution in [0.1, 0.15) is 19.8 Å². The Kier molecular flexibility index (Phi) is 9.86. The van der Waals surface area contributed by atoms with E-state index in [4.69, 9.17) is 9.47 Å². The molecule has 2 N–H and O–H groups in total. The van der Waals surface area contributed by atoms with Gasteiger partial charge in [0.15, 0.2) is 5.60 Å². The lowest BCUT2D eigenvalue weighted by molar-refractivity contribution is -0.159. The Morgan fingerprint density at radius 2 is 1.94 bits per heavy atom. The number of ether oxygens (including phenoxy) is 3. The summed E-state index contributed by atoms with van der Waals surface area (Å²) in [4.78, 5) is 11.2. The molecule has 0 heterocycles. The molecule has 0 amide bonds. The molecule has 0 aromatic rings. The number of methoxy groups -OCH3 is 2. The van der Waals surface area contributed by atoms with Gasteiger partial charge in [0.05, 0.1) is 20.3 Å². The highest BCUT2D eigenvalue weighted by Gasteiger charge is 2.30. The summed E-state index contributed by atoms with van der Waals surface area (Å²) in [6.45, 7) is 4.25. The van der Waals surface area contributed by atoms with Gasteiger partial charge in [-0.05, 0) is 26.3 Å². The summed E-state index contributed by atoms with van der Waals surface area (Å²) in [7, 11) is 2.90. The van der Waals surface area contributed by atoms with Gasteiger partial charge < -0.3 is 24.6 Å². The Hall–Kier alpha value is -0.690. The van der Waals surface area contributed by atoms with E-state index in [1.54, 1.807) is 7.11 Å². The average Bonchev–Trinajstić information content (AvgIpc) is 2.35. The van der Waals surface area contributed by atoms with Gasteiger partial charge in [-0.3, -0.25) is 0 Å². The van der Waals surface area contributed by atoms with Gasteiger partial charge in [-0.15, -0.1) is 0 Å². The van der Waals surface area contributed by atoms with E-state index >= 15 is 0 Å². The lowest BCUT2D eigenvalue weighted by Crippen LogP contribution is -2.45. The van der Waals surface area contributed by atoms with Crippen LogP contribution in [0.2, 0.25) is 0 Å². The van der Waals surface area contributed by atoms with Crippen molar-refractivity contribution in [2.45, 2.75) is 25.4 Å². The largest absolute Gasteiger partial charge is 0.467 e. The fourth-order valence-electron chi connectivity index (χ4n) is 1.32. The van der Waals surface area contributed by atoms with Crippen molar-refractivity contribution < 1.29 is 24.1 Å². The number of hydrogen-bond donors (Lipinski definition) is 2. The second-order valence-corrected chi connectivity index (χ2v) is 4.25. The van der Waals surface area contributed by atoms with Crippen LogP contribution in [0.5, 0.6) is 0 Å². The van der Waals surface area contributed by atoms with Crippen molar-refractivity contribution in [2.75, 3.05) is 47.1 Å². The van der Waals surface area contributed by atoms with Gasteiger partial charge in [0.1, 0.15) is 0 Å². The Morgan fingerprint density at radius 3 is 2.56 bits per heavy atom. The first kappa shape index (κ1) is 17.3. The Labute approximate surface area is 109 Å². The molecule has 0 fully saturated rings. The molecule has 0 aromatic carbocycles. The van der Waals surface area contributed by atoms with Crippen molar-refractivity contribution in [3.8, 4) is 0 Å². The molecular weight excluding hydrogens is 238 g/mol. The van der Waals surface area contributed by atoms with Crippen molar-refractivity contribution in [1.29, 1.82) is 0 Å². The van der Waals surface area contributed by atoms with Gasteiger partial charge in [0, 0.05) is 20.3 Å². The lowest BCUT2D eigenvalue weighted by Gasteiger charge is -2.20. The Balaban J connectivity index is 3.37. The molecule has 0 aliphatic carbocycles. The normalized spacial score (nSPS) is 14.2. The zero-order valence-corrected chi connectivity index (χ0v) is 11.5.